The summed E-state index contributed by atoms with van der Waals surface area (Å²) in [6.07, 6.45) is -5.17. The summed E-state index contributed by atoms with van der Waals surface area (Å²) in [4.78, 5) is 0. The highest BCUT2D eigenvalue weighted by molar-refractivity contribution is 6.30. The molecule has 1 N–H and O–H groups in total. The highest BCUT2D eigenvalue weighted by Gasteiger charge is 2.32. The van der Waals surface area contributed by atoms with Crippen molar-refractivity contribution in [2.24, 2.45) is 0 Å². The molecule has 0 aliphatic heterocycles. The van der Waals surface area contributed by atoms with Crippen molar-refractivity contribution in [3.05, 3.63) is 65.2 Å². The van der Waals surface area contributed by atoms with Gasteiger partial charge in [0, 0.05) is 10.7 Å². The van der Waals surface area contributed by atoms with Gasteiger partial charge in [0.15, 0.2) is 0 Å². The SMILES string of the molecule is FC(F)(F)CC(Nc1ccc(Cl)cc1)c1ccccc1. The number of nitrogens with one attached hydrogen (secondary N) is 1. The van der Waals surface area contributed by atoms with E-state index in [1.54, 1.807) is 54.6 Å². The van der Waals surface area contributed by atoms with Crippen molar-refractivity contribution in [3.8, 4) is 0 Å². The molecule has 0 fully saturated rings. The third-order valence-electron chi connectivity index (χ3n) is 2.82. The molecule has 0 amide bonds. The first-order valence-corrected chi connectivity index (χ1v) is 6.46. The number of hydrogen-bond acceptors (Lipinski definition) is 1. The van der Waals surface area contributed by atoms with Crippen molar-refractivity contribution < 1.29 is 13.2 Å². The third kappa shape index (κ3) is 4.46. The molecule has 0 aliphatic rings. The van der Waals surface area contributed by atoms with Crippen LogP contribution in [0.4, 0.5) is 18.9 Å². The first kappa shape index (κ1) is 14.7. The van der Waals surface area contributed by atoms with E-state index in [0.29, 0.717) is 16.3 Å². The quantitative estimate of drug-likeness (QED) is 0.792. The van der Waals surface area contributed by atoms with Crippen molar-refractivity contribution in [2.45, 2.75) is 18.6 Å². The van der Waals surface area contributed by atoms with Gasteiger partial charge in [-0.15, -0.1) is 0 Å². The van der Waals surface area contributed by atoms with Crippen LogP contribution in [0.15, 0.2) is 54.6 Å². The first-order valence-electron chi connectivity index (χ1n) is 6.08. The number of rotatable bonds is 4. The average Bonchev–Trinajstić information content (AvgIpc) is 2.40. The Hall–Kier alpha value is -1.68. The van der Waals surface area contributed by atoms with Crippen molar-refractivity contribution in [3.63, 3.8) is 0 Å². The van der Waals surface area contributed by atoms with Crippen LogP contribution in [0, 0.1) is 0 Å². The molecule has 1 atom stereocenters. The van der Waals surface area contributed by atoms with E-state index in [2.05, 4.69) is 5.32 Å². The molecule has 0 saturated carbocycles. The molecule has 5 heteroatoms. The summed E-state index contributed by atoms with van der Waals surface area (Å²) in [5, 5.41) is 3.44. The van der Waals surface area contributed by atoms with Gasteiger partial charge < -0.3 is 5.32 Å². The van der Waals surface area contributed by atoms with E-state index in [1.807, 2.05) is 0 Å². The molecular formula is C15H13ClF3N. The van der Waals surface area contributed by atoms with Crippen LogP contribution >= 0.6 is 11.6 Å². The summed E-state index contributed by atoms with van der Waals surface area (Å²) in [6, 6.07) is 14.4. The highest BCUT2D eigenvalue weighted by atomic mass is 35.5. The standard InChI is InChI=1S/C15H13ClF3N/c16-12-6-8-13(9-7-12)20-14(10-15(17,18)19)11-4-2-1-3-5-11/h1-9,14,20H,10H2. The average molecular weight is 300 g/mol. The minimum absolute atomic E-state index is 0.544. The number of hydrogen-bond donors (Lipinski definition) is 1. The van der Waals surface area contributed by atoms with Gasteiger partial charge in [-0.25, -0.2) is 0 Å². The lowest BCUT2D eigenvalue weighted by molar-refractivity contribution is -0.137. The Morgan fingerprint density at radius 3 is 2.10 bits per heavy atom. The Bertz CT molecular complexity index is 537. The molecule has 20 heavy (non-hydrogen) atoms. The fourth-order valence-corrected chi connectivity index (χ4v) is 2.04. The smallest absolute Gasteiger partial charge is 0.378 e. The predicted octanol–water partition coefficient (Wildman–Crippen LogP) is 5.45. The van der Waals surface area contributed by atoms with Crippen LogP contribution < -0.4 is 5.32 Å². The maximum absolute atomic E-state index is 12.7. The minimum atomic E-state index is -4.24. The molecule has 1 nitrogen and oxygen atoms in total. The molecule has 1 unspecified atom stereocenters. The third-order valence-corrected chi connectivity index (χ3v) is 3.07. The van der Waals surface area contributed by atoms with Gasteiger partial charge in [0.25, 0.3) is 0 Å². The monoisotopic (exact) mass is 299 g/mol. The van der Waals surface area contributed by atoms with Crippen molar-refractivity contribution in [1.29, 1.82) is 0 Å². The zero-order valence-corrected chi connectivity index (χ0v) is 11.2. The van der Waals surface area contributed by atoms with Crippen LogP contribution in [0.2, 0.25) is 5.02 Å². The largest absolute Gasteiger partial charge is 0.391 e. The lowest BCUT2D eigenvalue weighted by Crippen LogP contribution is -2.20. The van der Waals surface area contributed by atoms with E-state index < -0.39 is 18.6 Å². The zero-order valence-electron chi connectivity index (χ0n) is 10.5. The molecule has 0 radical (unpaired) electrons. The van der Waals surface area contributed by atoms with Gasteiger partial charge in [-0.05, 0) is 29.8 Å². The number of alkyl halides is 3. The van der Waals surface area contributed by atoms with E-state index in [4.69, 9.17) is 11.6 Å². The Kier molecular flexibility index (Phi) is 4.55. The highest BCUT2D eigenvalue weighted by Crippen LogP contribution is 2.32. The summed E-state index contributed by atoms with van der Waals surface area (Å²) >= 11 is 5.76. The summed E-state index contributed by atoms with van der Waals surface area (Å²) in [5.41, 5.74) is 1.20. The summed E-state index contributed by atoms with van der Waals surface area (Å²) in [5.74, 6) is 0. The van der Waals surface area contributed by atoms with Gasteiger partial charge >= 0.3 is 6.18 Å². The molecule has 2 rings (SSSR count). The van der Waals surface area contributed by atoms with Gasteiger partial charge in [0.2, 0.25) is 0 Å². The minimum Gasteiger partial charge on any atom is -0.378 e. The number of anilines is 1. The maximum atomic E-state index is 12.7. The fraction of sp³-hybridized carbons (Fsp3) is 0.200. The van der Waals surface area contributed by atoms with Crippen LogP contribution in [0.25, 0.3) is 0 Å². The number of halogens is 4. The second-order valence-corrected chi connectivity index (χ2v) is 4.87. The fourth-order valence-electron chi connectivity index (χ4n) is 1.92. The molecule has 0 saturated heterocycles. The first-order chi connectivity index (χ1) is 9.44. The van der Waals surface area contributed by atoms with Gasteiger partial charge in [-0.3, -0.25) is 0 Å². The van der Waals surface area contributed by atoms with Gasteiger partial charge in [-0.1, -0.05) is 41.9 Å². The predicted molar refractivity (Wildman–Crippen MR) is 74.9 cm³/mol. The van der Waals surface area contributed by atoms with E-state index >= 15 is 0 Å². The van der Waals surface area contributed by atoms with Gasteiger partial charge in [-0.2, -0.15) is 13.2 Å². The molecule has 0 aliphatic carbocycles. The molecule has 0 spiro atoms. The van der Waals surface area contributed by atoms with Crippen LogP contribution in [0.5, 0.6) is 0 Å². The normalized spacial score (nSPS) is 13.0. The van der Waals surface area contributed by atoms with Crippen LogP contribution in [0.3, 0.4) is 0 Å². The molecule has 2 aromatic carbocycles. The number of benzene rings is 2. The van der Waals surface area contributed by atoms with E-state index in [0.717, 1.165) is 0 Å². The lowest BCUT2D eigenvalue weighted by Gasteiger charge is -2.22. The topological polar surface area (TPSA) is 12.0 Å². The summed E-state index contributed by atoms with van der Waals surface area (Å²) in [6.45, 7) is 0. The lowest BCUT2D eigenvalue weighted by atomic mass is 10.0. The van der Waals surface area contributed by atoms with E-state index in [-0.39, 0.29) is 0 Å². The van der Waals surface area contributed by atoms with E-state index in [1.165, 1.54) is 0 Å². The van der Waals surface area contributed by atoms with Gasteiger partial charge in [0.05, 0.1) is 12.5 Å². The summed E-state index contributed by atoms with van der Waals surface area (Å²) in [7, 11) is 0. The van der Waals surface area contributed by atoms with Crippen LogP contribution in [-0.4, -0.2) is 6.18 Å². The second-order valence-electron chi connectivity index (χ2n) is 4.43. The molecule has 0 aromatic heterocycles. The van der Waals surface area contributed by atoms with Gasteiger partial charge in [0.1, 0.15) is 0 Å². The molecule has 0 bridgehead atoms. The second kappa shape index (κ2) is 6.18. The maximum Gasteiger partial charge on any atom is 0.391 e. The molecular weight excluding hydrogens is 287 g/mol. The Balaban J connectivity index is 2.20. The van der Waals surface area contributed by atoms with Crippen molar-refractivity contribution >= 4 is 17.3 Å². The van der Waals surface area contributed by atoms with Crippen molar-refractivity contribution in [1.82, 2.24) is 0 Å². The molecule has 2 aromatic rings. The molecule has 0 heterocycles. The van der Waals surface area contributed by atoms with Crippen LogP contribution in [0.1, 0.15) is 18.0 Å². The summed E-state index contributed by atoms with van der Waals surface area (Å²) < 4.78 is 38.1. The Morgan fingerprint density at radius 2 is 1.55 bits per heavy atom. The van der Waals surface area contributed by atoms with Crippen molar-refractivity contribution in [2.75, 3.05) is 5.32 Å². The van der Waals surface area contributed by atoms with E-state index in [9.17, 15) is 13.2 Å². The van der Waals surface area contributed by atoms with Crippen LogP contribution in [-0.2, 0) is 0 Å². The molecule has 106 valence electrons. The zero-order chi connectivity index (χ0) is 14.6. The Morgan fingerprint density at radius 1 is 0.950 bits per heavy atom. The Labute approximate surface area is 120 Å².